The Morgan fingerprint density at radius 2 is 2.29 bits per heavy atom. The van der Waals surface area contributed by atoms with E-state index in [1.54, 1.807) is 11.8 Å². The molecule has 0 saturated carbocycles. The van der Waals surface area contributed by atoms with Crippen LogP contribution in [0.5, 0.6) is 0 Å². The molecule has 0 spiro atoms. The Balaban J connectivity index is 2.74. The molecule has 0 aromatic heterocycles. The number of carbonyl (C=O) groups excluding carboxylic acids is 1. The molecule has 2 atom stereocenters. The first-order chi connectivity index (χ1) is 7.91. The monoisotopic (exact) mass is 243 g/mol. The van der Waals surface area contributed by atoms with Crippen LogP contribution in [-0.2, 0) is 4.79 Å². The average molecular weight is 243 g/mol. The minimum atomic E-state index is -0.836. The van der Waals surface area contributed by atoms with E-state index < -0.39 is 11.5 Å². The lowest BCUT2D eigenvalue weighted by molar-refractivity contribution is -0.139. The fourth-order valence-corrected chi connectivity index (χ4v) is 2.21. The fourth-order valence-electron chi connectivity index (χ4n) is 2.21. The molecule has 1 amide bonds. The topological polar surface area (TPSA) is 99.2 Å². The Morgan fingerprint density at radius 3 is 2.76 bits per heavy atom. The summed E-state index contributed by atoms with van der Waals surface area (Å²) in [7, 11) is 0. The maximum Gasteiger partial charge on any atom is 0.233 e. The highest BCUT2D eigenvalue weighted by Gasteiger charge is 2.34. The molecule has 1 fully saturated rings. The summed E-state index contributed by atoms with van der Waals surface area (Å²) < 4.78 is 0. The highest BCUT2D eigenvalue weighted by Crippen LogP contribution is 2.22. The summed E-state index contributed by atoms with van der Waals surface area (Å²) in [5.41, 5.74) is 4.66. The van der Waals surface area contributed by atoms with Crippen molar-refractivity contribution in [1.29, 1.82) is 0 Å². The molecular weight excluding hydrogens is 222 g/mol. The van der Waals surface area contributed by atoms with E-state index in [-0.39, 0.29) is 11.7 Å². The molecular formula is C11H21N3O3. The van der Waals surface area contributed by atoms with E-state index in [1.165, 1.54) is 0 Å². The summed E-state index contributed by atoms with van der Waals surface area (Å²) in [6, 6.07) is 0. The number of nitrogens with two attached hydrogens (primary N) is 1. The number of hydrogen-bond acceptors (Lipinski definition) is 4. The van der Waals surface area contributed by atoms with Gasteiger partial charge in [-0.3, -0.25) is 4.79 Å². The van der Waals surface area contributed by atoms with Gasteiger partial charge in [0.2, 0.25) is 5.91 Å². The van der Waals surface area contributed by atoms with Gasteiger partial charge < -0.3 is 20.9 Å². The molecule has 4 N–H and O–H groups in total. The molecule has 0 aliphatic carbocycles. The molecule has 6 heteroatoms. The summed E-state index contributed by atoms with van der Waals surface area (Å²) in [4.78, 5) is 13.8. The smallest absolute Gasteiger partial charge is 0.233 e. The Kier molecular flexibility index (Phi) is 4.34. The lowest BCUT2D eigenvalue weighted by Crippen LogP contribution is -2.51. The van der Waals surface area contributed by atoms with Crippen molar-refractivity contribution in [2.75, 3.05) is 13.1 Å². The SMILES string of the molecule is CCC(C(=O)N1CCCC(C)(O)C1)C(N)=NO. The average Bonchev–Trinajstić information content (AvgIpc) is 2.28. The van der Waals surface area contributed by atoms with Crippen LogP contribution in [0.1, 0.15) is 33.1 Å². The molecule has 0 aromatic carbocycles. The van der Waals surface area contributed by atoms with Crippen LogP contribution in [0.15, 0.2) is 5.16 Å². The van der Waals surface area contributed by atoms with Crippen molar-refractivity contribution < 1.29 is 15.1 Å². The van der Waals surface area contributed by atoms with E-state index >= 15 is 0 Å². The molecule has 1 aliphatic heterocycles. The highest BCUT2D eigenvalue weighted by atomic mass is 16.4. The van der Waals surface area contributed by atoms with E-state index in [0.717, 1.165) is 6.42 Å². The number of rotatable bonds is 3. The zero-order valence-corrected chi connectivity index (χ0v) is 10.4. The van der Waals surface area contributed by atoms with Gasteiger partial charge in [-0.05, 0) is 26.2 Å². The van der Waals surface area contributed by atoms with E-state index in [9.17, 15) is 9.90 Å². The maximum atomic E-state index is 12.2. The number of likely N-dealkylation sites (tertiary alicyclic amines) is 1. The lowest BCUT2D eigenvalue weighted by Gasteiger charge is -2.38. The van der Waals surface area contributed by atoms with Crippen molar-refractivity contribution in [1.82, 2.24) is 4.90 Å². The summed E-state index contributed by atoms with van der Waals surface area (Å²) in [5, 5.41) is 21.5. The van der Waals surface area contributed by atoms with Crippen molar-refractivity contribution in [3.05, 3.63) is 0 Å². The van der Waals surface area contributed by atoms with Gasteiger partial charge in [-0.25, -0.2) is 0 Å². The van der Waals surface area contributed by atoms with Crippen molar-refractivity contribution >= 4 is 11.7 Å². The maximum absolute atomic E-state index is 12.2. The number of hydrogen-bond donors (Lipinski definition) is 3. The van der Waals surface area contributed by atoms with Gasteiger partial charge in [0.25, 0.3) is 0 Å². The third-order valence-corrected chi connectivity index (χ3v) is 3.17. The Morgan fingerprint density at radius 1 is 1.65 bits per heavy atom. The van der Waals surface area contributed by atoms with Gasteiger partial charge in [0.1, 0.15) is 0 Å². The van der Waals surface area contributed by atoms with Gasteiger partial charge >= 0.3 is 0 Å². The normalized spacial score (nSPS) is 27.9. The second kappa shape index (κ2) is 5.35. The Hall–Kier alpha value is -1.30. The molecule has 98 valence electrons. The highest BCUT2D eigenvalue weighted by molar-refractivity contribution is 6.02. The zero-order valence-electron chi connectivity index (χ0n) is 10.4. The van der Waals surface area contributed by atoms with Crippen LogP contribution < -0.4 is 5.73 Å². The van der Waals surface area contributed by atoms with Crippen LogP contribution in [0.3, 0.4) is 0 Å². The van der Waals surface area contributed by atoms with Crippen LogP contribution in [0.4, 0.5) is 0 Å². The predicted molar refractivity (Wildman–Crippen MR) is 63.6 cm³/mol. The third-order valence-electron chi connectivity index (χ3n) is 3.17. The van der Waals surface area contributed by atoms with Crippen LogP contribution in [0.2, 0.25) is 0 Å². The number of piperidine rings is 1. The van der Waals surface area contributed by atoms with Crippen molar-refractivity contribution in [2.45, 2.75) is 38.7 Å². The van der Waals surface area contributed by atoms with Crippen molar-refractivity contribution in [2.24, 2.45) is 16.8 Å². The Bertz CT molecular complexity index is 315. The molecule has 1 saturated heterocycles. The molecule has 6 nitrogen and oxygen atoms in total. The van der Waals surface area contributed by atoms with Gasteiger partial charge in [0.15, 0.2) is 5.84 Å². The summed E-state index contributed by atoms with van der Waals surface area (Å²) >= 11 is 0. The van der Waals surface area contributed by atoms with Gasteiger partial charge in [0, 0.05) is 13.1 Å². The standard InChI is InChI=1S/C11H21N3O3/c1-3-8(9(12)13-17)10(15)14-6-4-5-11(2,16)7-14/h8,16-17H,3-7H2,1-2H3,(H2,12,13). The van der Waals surface area contributed by atoms with E-state index in [2.05, 4.69) is 5.16 Å². The number of aliphatic hydroxyl groups is 1. The van der Waals surface area contributed by atoms with Crippen molar-refractivity contribution in [3.8, 4) is 0 Å². The van der Waals surface area contributed by atoms with Gasteiger partial charge in [0.05, 0.1) is 11.5 Å². The van der Waals surface area contributed by atoms with E-state index in [1.807, 2.05) is 6.92 Å². The fraction of sp³-hybridized carbons (Fsp3) is 0.818. The molecule has 1 aliphatic rings. The van der Waals surface area contributed by atoms with Crippen LogP contribution in [0, 0.1) is 5.92 Å². The number of nitrogens with zero attached hydrogens (tertiary/aromatic N) is 2. The quantitative estimate of drug-likeness (QED) is 0.284. The van der Waals surface area contributed by atoms with Crippen LogP contribution in [0.25, 0.3) is 0 Å². The number of carbonyl (C=O) groups is 1. The molecule has 0 aromatic rings. The molecule has 1 heterocycles. The summed E-state index contributed by atoms with van der Waals surface area (Å²) in [5.74, 6) is -0.848. The second-order valence-corrected chi connectivity index (χ2v) is 4.85. The van der Waals surface area contributed by atoms with Crippen molar-refractivity contribution in [3.63, 3.8) is 0 Å². The molecule has 1 rings (SSSR count). The number of amides is 1. The first kappa shape index (κ1) is 13.8. The molecule has 2 unspecified atom stereocenters. The molecule has 0 radical (unpaired) electrons. The second-order valence-electron chi connectivity index (χ2n) is 4.85. The molecule has 17 heavy (non-hydrogen) atoms. The predicted octanol–water partition coefficient (Wildman–Crippen LogP) is 0.132. The van der Waals surface area contributed by atoms with Gasteiger partial charge in [-0.1, -0.05) is 12.1 Å². The number of oxime groups is 1. The zero-order chi connectivity index (χ0) is 13.1. The van der Waals surface area contributed by atoms with E-state index in [0.29, 0.717) is 25.9 Å². The molecule has 0 bridgehead atoms. The summed E-state index contributed by atoms with van der Waals surface area (Å²) in [6.45, 7) is 4.45. The number of β-amino-alcohol motifs (C(OH)–C–C–N with tert-alkyl or cyclic N) is 1. The van der Waals surface area contributed by atoms with E-state index in [4.69, 9.17) is 10.9 Å². The third kappa shape index (κ3) is 3.33. The minimum absolute atomic E-state index is 0.0669. The first-order valence-electron chi connectivity index (χ1n) is 5.90. The van der Waals surface area contributed by atoms with Crippen LogP contribution >= 0.6 is 0 Å². The lowest BCUT2D eigenvalue weighted by atomic mass is 9.93. The van der Waals surface area contributed by atoms with Gasteiger partial charge in [-0.15, -0.1) is 0 Å². The number of amidine groups is 1. The first-order valence-corrected chi connectivity index (χ1v) is 5.90. The Labute approximate surface area is 101 Å². The minimum Gasteiger partial charge on any atom is -0.409 e. The summed E-state index contributed by atoms with van der Waals surface area (Å²) in [6.07, 6.45) is 1.94. The van der Waals surface area contributed by atoms with Gasteiger partial charge in [-0.2, -0.15) is 0 Å². The largest absolute Gasteiger partial charge is 0.409 e. The van der Waals surface area contributed by atoms with Crippen LogP contribution in [-0.4, -0.2) is 45.6 Å².